The van der Waals surface area contributed by atoms with Crippen LogP contribution in [-0.2, 0) is 4.79 Å². The molecular weight excluding hydrogens is 296 g/mol. The topological polar surface area (TPSA) is 58.2 Å². The van der Waals surface area contributed by atoms with E-state index in [2.05, 4.69) is 10.6 Å². The van der Waals surface area contributed by atoms with Gasteiger partial charge >= 0.3 is 0 Å². The highest BCUT2D eigenvalue weighted by Gasteiger charge is 2.23. The van der Waals surface area contributed by atoms with Crippen molar-refractivity contribution in [2.45, 2.75) is 24.0 Å². The lowest BCUT2D eigenvalue weighted by atomic mass is 10.1. The Morgan fingerprint density at radius 1 is 1.23 bits per heavy atom. The van der Waals surface area contributed by atoms with E-state index >= 15 is 0 Å². The Balaban J connectivity index is 1.82. The molecule has 0 fully saturated rings. The third kappa shape index (κ3) is 2.99. The number of rotatable bonds is 2. The van der Waals surface area contributed by atoms with E-state index in [0.717, 1.165) is 16.1 Å². The summed E-state index contributed by atoms with van der Waals surface area (Å²) in [7, 11) is 0. The van der Waals surface area contributed by atoms with Crippen molar-refractivity contribution in [3.63, 3.8) is 0 Å². The molecule has 1 unspecified atom stereocenters. The van der Waals surface area contributed by atoms with Crippen LogP contribution in [0.3, 0.4) is 0 Å². The molecule has 2 N–H and O–H groups in total. The minimum atomic E-state index is -0.189. The van der Waals surface area contributed by atoms with Crippen molar-refractivity contribution in [1.82, 2.24) is 0 Å². The van der Waals surface area contributed by atoms with Crippen LogP contribution in [0.2, 0.25) is 0 Å². The Bertz CT molecular complexity index is 758. The smallest absolute Gasteiger partial charge is 0.255 e. The number of carbonyl (C=O) groups excluding carboxylic acids is 2. The van der Waals surface area contributed by atoms with Crippen LogP contribution in [0.1, 0.15) is 22.8 Å². The Hall–Kier alpha value is -2.27. The van der Waals surface area contributed by atoms with Crippen LogP contribution in [0.15, 0.2) is 47.4 Å². The van der Waals surface area contributed by atoms with Gasteiger partial charge in [-0.15, -0.1) is 11.8 Å². The van der Waals surface area contributed by atoms with Crippen molar-refractivity contribution in [2.24, 2.45) is 0 Å². The first kappa shape index (κ1) is 14.7. The molecule has 0 radical (unpaired) electrons. The molecule has 0 saturated heterocycles. The van der Waals surface area contributed by atoms with Gasteiger partial charge in [0.15, 0.2) is 0 Å². The van der Waals surface area contributed by atoms with Crippen molar-refractivity contribution >= 4 is 35.0 Å². The lowest BCUT2D eigenvalue weighted by Crippen LogP contribution is -2.26. The minimum Gasteiger partial charge on any atom is -0.324 e. The van der Waals surface area contributed by atoms with Gasteiger partial charge in [-0.05, 0) is 49.7 Å². The maximum atomic E-state index is 12.3. The molecule has 0 aromatic heterocycles. The zero-order valence-corrected chi connectivity index (χ0v) is 13.2. The van der Waals surface area contributed by atoms with Crippen molar-refractivity contribution in [2.75, 3.05) is 10.6 Å². The Kier molecular flexibility index (Phi) is 3.90. The van der Waals surface area contributed by atoms with E-state index in [9.17, 15) is 9.59 Å². The molecular formula is C17H16N2O2S. The summed E-state index contributed by atoms with van der Waals surface area (Å²) in [5, 5.41) is 5.59. The van der Waals surface area contributed by atoms with Crippen molar-refractivity contribution in [1.29, 1.82) is 0 Å². The zero-order valence-electron chi connectivity index (χ0n) is 12.3. The van der Waals surface area contributed by atoms with E-state index in [1.165, 1.54) is 11.8 Å². The van der Waals surface area contributed by atoms with Gasteiger partial charge in [0.25, 0.3) is 5.91 Å². The summed E-state index contributed by atoms with van der Waals surface area (Å²) in [5.41, 5.74) is 3.07. The van der Waals surface area contributed by atoms with Gasteiger partial charge in [0.2, 0.25) is 5.91 Å². The molecule has 112 valence electrons. The number of hydrogen-bond acceptors (Lipinski definition) is 3. The highest BCUT2D eigenvalue weighted by molar-refractivity contribution is 8.00. The maximum Gasteiger partial charge on any atom is 0.255 e. The zero-order chi connectivity index (χ0) is 15.7. The molecule has 1 aliphatic rings. The van der Waals surface area contributed by atoms with E-state index in [0.29, 0.717) is 11.3 Å². The van der Waals surface area contributed by atoms with Crippen LogP contribution in [0, 0.1) is 6.92 Å². The molecule has 22 heavy (non-hydrogen) atoms. The quantitative estimate of drug-likeness (QED) is 0.889. The second-order valence-corrected chi connectivity index (χ2v) is 6.67. The van der Waals surface area contributed by atoms with E-state index in [1.807, 2.05) is 44.2 Å². The standard InChI is InChI=1S/C17H16N2O2S/c1-10-4-3-5-13(8-10)18-17(21)12-6-7-15-14(9-12)19-16(20)11(2)22-15/h3-9,11H,1-2H3,(H,18,21)(H,19,20). The van der Waals surface area contributed by atoms with Crippen molar-refractivity contribution < 1.29 is 9.59 Å². The molecule has 2 amide bonds. The van der Waals surface area contributed by atoms with Crippen LogP contribution < -0.4 is 10.6 Å². The van der Waals surface area contributed by atoms with E-state index in [-0.39, 0.29) is 17.1 Å². The second-order valence-electron chi connectivity index (χ2n) is 5.28. The Labute approximate surface area is 133 Å². The SMILES string of the molecule is Cc1cccc(NC(=O)c2ccc3c(c2)NC(=O)C(C)S3)c1. The first-order valence-corrected chi connectivity index (χ1v) is 7.90. The van der Waals surface area contributed by atoms with Crippen LogP contribution in [0.25, 0.3) is 0 Å². The summed E-state index contributed by atoms with van der Waals surface area (Å²) >= 11 is 1.50. The number of benzene rings is 2. The first-order chi connectivity index (χ1) is 10.5. The monoisotopic (exact) mass is 312 g/mol. The molecule has 4 nitrogen and oxygen atoms in total. The summed E-state index contributed by atoms with van der Waals surface area (Å²) in [4.78, 5) is 25.0. The van der Waals surface area contributed by atoms with Gasteiger partial charge in [0.1, 0.15) is 0 Å². The second kappa shape index (κ2) is 5.85. The van der Waals surface area contributed by atoms with E-state index < -0.39 is 0 Å². The summed E-state index contributed by atoms with van der Waals surface area (Å²) in [6.45, 7) is 3.84. The molecule has 1 atom stereocenters. The molecule has 3 rings (SSSR count). The van der Waals surface area contributed by atoms with Crippen LogP contribution in [-0.4, -0.2) is 17.1 Å². The molecule has 0 aliphatic carbocycles. The number of fused-ring (bicyclic) bond motifs is 1. The van der Waals surface area contributed by atoms with Gasteiger partial charge in [0, 0.05) is 16.1 Å². The lowest BCUT2D eigenvalue weighted by molar-refractivity contribution is -0.115. The highest BCUT2D eigenvalue weighted by Crippen LogP contribution is 2.36. The van der Waals surface area contributed by atoms with Crippen LogP contribution >= 0.6 is 11.8 Å². The fourth-order valence-corrected chi connectivity index (χ4v) is 3.21. The fraction of sp³-hybridized carbons (Fsp3) is 0.176. The molecule has 5 heteroatoms. The number of carbonyl (C=O) groups is 2. The summed E-state index contributed by atoms with van der Waals surface area (Å²) in [6.07, 6.45) is 0. The summed E-state index contributed by atoms with van der Waals surface area (Å²) in [6, 6.07) is 13.0. The van der Waals surface area contributed by atoms with Crippen LogP contribution in [0.5, 0.6) is 0 Å². The van der Waals surface area contributed by atoms with Gasteiger partial charge in [-0.25, -0.2) is 0 Å². The Morgan fingerprint density at radius 2 is 2.05 bits per heavy atom. The summed E-state index contributed by atoms with van der Waals surface area (Å²) in [5.74, 6) is -0.222. The predicted molar refractivity (Wildman–Crippen MR) is 89.5 cm³/mol. The molecule has 0 spiro atoms. The number of hydrogen-bond donors (Lipinski definition) is 2. The third-order valence-electron chi connectivity index (χ3n) is 3.45. The fourth-order valence-electron chi connectivity index (χ4n) is 2.28. The average Bonchev–Trinajstić information content (AvgIpc) is 2.48. The predicted octanol–water partition coefficient (Wildman–Crippen LogP) is 3.68. The number of anilines is 2. The molecule has 2 aromatic rings. The largest absolute Gasteiger partial charge is 0.324 e. The minimum absolute atomic E-state index is 0.0336. The molecule has 1 heterocycles. The number of nitrogens with one attached hydrogen (secondary N) is 2. The summed E-state index contributed by atoms with van der Waals surface area (Å²) < 4.78 is 0. The van der Waals surface area contributed by atoms with Crippen LogP contribution in [0.4, 0.5) is 11.4 Å². The maximum absolute atomic E-state index is 12.3. The lowest BCUT2D eigenvalue weighted by Gasteiger charge is -2.21. The van der Waals surface area contributed by atoms with Crippen molar-refractivity contribution in [3.05, 3.63) is 53.6 Å². The number of thioether (sulfide) groups is 1. The number of amides is 2. The third-order valence-corrected chi connectivity index (χ3v) is 4.63. The molecule has 2 aromatic carbocycles. The van der Waals surface area contributed by atoms with Gasteiger partial charge in [-0.3, -0.25) is 9.59 Å². The van der Waals surface area contributed by atoms with Crippen molar-refractivity contribution in [3.8, 4) is 0 Å². The molecule has 1 aliphatic heterocycles. The Morgan fingerprint density at radius 3 is 2.82 bits per heavy atom. The van der Waals surface area contributed by atoms with E-state index in [4.69, 9.17) is 0 Å². The van der Waals surface area contributed by atoms with Gasteiger partial charge < -0.3 is 10.6 Å². The normalized spacial score (nSPS) is 16.6. The number of aryl methyl sites for hydroxylation is 1. The first-order valence-electron chi connectivity index (χ1n) is 7.02. The molecule has 0 bridgehead atoms. The highest BCUT2D eigenvalue weighted by atomic mass is 32.2. The van der Waals surface area contributed by atoms with Gasteiger partial charge in [-0.1, -0.05) is 12.1 Å². The molecule has 0 saturated carbocycles. The van der Waals surface area contributed by atoms with Gasteiger partial charge in [-0.2, -0.15) is 0 Å². The van der Waals surface area contributed by atoms with E-state index in [1.54, 1.807) is 12.1 Å². The van der Waals surface area contributed by atoms with Gasteiger partial charge in [0.05, 0.1) is 10.9 Å². The average molecular weight is 312 g/mol.